The lowest BCUT2D eigenvalue weighted by Crippen LogP contribution is -2.37. The van der Waals surface area contributed by atoms with Gasteiger partial charge in [0, 0.05) is 18.1 Å². The van der Waals surface area contributed by atoms with E-state index in [0.717, 1.165) is 54.2 Å². The van der Waals surface area contributed by atoms with Crippen molar-refractivity contribution in [1.29, 1.82) is 0 Å². The van der Waals surface area contributed by atoms with E-state index < -0.39 is 0 Å². The summed E-state index contributed by atoms with van der Waals surface area (Å²) < 4.78 is 5.54. The summed E-state index contributed by atoms with van der Waals surface area (Å²) >= 11 is 6.22. The molecule has 0 N–H and O–H groups in total. The monoisotopic (exact) mass is 426 g/mol. The van der Waals surface area contributed by atoms with Gasteiger partial charge in [-0.25, -0.2) is 0 Å². The lowest BCUT2D eigenvalue weighted by Gasteiger charge is -2.39. The first kappa shape index (κ1) is 21.0. The van der Waals surface area contributed by atoms with Crippen molar-refractivity contribution in [3.63, 3.8) is 0 Å². The SMILES string of the molecule is COc1ccc(Cl)cc1N1CCC(C2CCC(=NOCc3ccccc3)CC2)CC1. The average Bonchev–Trinajstić information content (AvgIpc) is 2.80. The number of halogens is 1. The first-order chi connectivity index (χ1) is 14.7. The molecule has 0 atom stereocenters. The second-order valence-corrected chi connectivity index (χ2v) is 8.83. The third kappa shape index (κ3) is 5.28. The van der Waals surface area contributed by atoms with Crippen LogP contribution in [0.1, 0.15) is 44.1 Å². The Morgan fingerprint density at radius 3 is 2.37 bits per heavy atom. The van der Waals surface area contributed by atoms with E-state index in [9.17, 15) is 0 Å². The van der Waals surface area contributed by atoms with Gasteiger partial charge in [0.2, 0.25) is 0 Å². The minimum absolute atomic E-state index is 0.555. The number of ether oxygens (including phenoxy) is 1. The van der Waals surface area contributed by atoms with Gasteiger partial charge in [0.05, 0.1) is 18.5 Å². The van der Waals surface area contributed by atoms with E-state index >= 15 is 0 Å². The molecule has 1 aliphatic carbocycles. The van der Waals surface area contributed by atoms with Crippen molar-refractivity contribution in [3.05, 3.63) is 59.1 Å². The number of rotatable bonds is 6. The number of methoxy groups -OCH3 is 1. The number of anilines is 1. The van der Waals surface area contributed by atoms with Crippen LogP contribution in [0.4, 0.5) is 5.69 Å². The molecule has 1 saturated heterocycles. The van der Waals surface area contributed by atoms with E-state index in [0.29, 0.717) is 6.61 Å². The summed E-state index contributed by atoms with van der Waals surface area (Å²) in [4.78, 5) is 8.02. The van der Waals surface area contributed by atoms with Gasteiger partial charge in [-0.1, -0.05) is 47.1 Å². The van der Waals surface area contributed by atoms with Gasteiger partial charge in [0.15, 0.2) is 0 Å². The molecule has 0 radical (unpaired) electrons. The second-order valence-electron chi connectivity index (χ2n) is 8.39. The van der Waals surface area contributed by atoms with Gasteiger partial charge in [-0.2, -0.15) is 0 Å². The average molecular weight is 427 g/mol. The molecule has 1 aliphatic heterocycles. The maximum absolute atomic E-state index is 6.22. The number of benzene rings is 2. The second kappa shape index (κ2) is 10.2. The maximum Gasteiger partial charge on any atom is 0.142 e. The van der Waals surface area contributed by atoms with Crippen LogP contribution < -0.4 is 9.64 Å². The molecule has 0 amide bonds. The van der Waals surface area contributed by atoms with Crippen molar-refractivity contribution in [3.8, 4) is 5.75 Å². The molecule has 4 rings (SSSR count). The summed E-state index contributed by atoms with van der Waals surface area (Å²) in [7, 11) is 1.73. The Bertz CT molecular complexity index is 837. The van der Waals surface area contributed by atoms with Crippen molar-refractivity contribution >= 4 is 23.0 Å². The molecule has 0 bridgehead atoms. The molecular weight excluding hydrogens is 396 g/mol. The minimum atomic E-state index is 0.555. The van der Waals surface area contributed by atoms with Gasteiger partial charge in [-0.15, -0.1) is 0 Å². The Morgan fingerprint density at radius 2 is 1.67 bits per heavy atom. The molecular formula is C25H31ClN2O2. The highest BCUT2D eigenvalue weighted by molar-refractivity contribution is 6.30. The van der Waals surface area contributed by atoms with E-state index in [1.807, 2.05) is 36.4 Å². The summed E-state index contributed by atoms with van der Waals surface area (Å²) in [5.41, 5.74) is 3.51. The summed E-state index contributed by atoms with van der Waals surface area (Å²) in [6.07, 6.45) is 7.08. The maximum atomic E-state index is 6.22. The Hall–Kier alpha value is -2.20. The molecule has 0 spiro atoms. The highest BCUT2D eigenvalue weighted by Gasteiger charge is 2.30. The molecule has 4 nitrogen and oxygen atoms in total. The van der Waals surface area contributed by atoms with E-state index in [4.69, 9.17) is 21.2 Å². The minimum Gasteiger partial charge on any atom is -0.495 e. The van der Waals surface area contributed by atoms with E-state index in [1.165, 1.54) is 37.0 Å². The van der Waals surface area contributed by atoms with Crippen LogP contribution >= 0.6 is 11.6 Å². The van der Waals surface area contributed by atoms with Crippen molar-refractivity contribution in [2.24, 2.45) is 17.0 Å². The fourth-order valence-corrected chi connectivity index (χ4v) is 5.00. The quantitative estimate of drug-likeness (QED) is 0.506. The number of piperidine rings is 1. The van der Waals surface area contributed by atoms with E-state index in [-0.39, 0.29) is 0 Å². The highest BCUT2D eigenvalue weighted by Crippen LogP contribution is 2.38. The molecule has 1 saturated carbocycles. The number of nitrogens with zero attached hydrogens (tertiary/aromatic N) is 2. The molecule has 1 heterocycles. The van der Waals surface area contributed by atoms with Gasteiger partial charge in [0.25, 0.3) is 0 Å². The van der Waals surface area contributed by atoms with Crippen molar-refractivity contribution in [1.82, 2.24) is 0 Å². The molecule has 160 valence electrons. The Balaban J connectivity index is 1.24. The Morgan fingerprint density at radius 1 is 0.967 bits per heavy atom. The molecule has 0 aromatic heterocycles. The Kier molecular flexibility index (Phi) is 7.16. The van der Waals surface area contributed by atoms with Crippen molar-refractivity contribution in [2.45, 2.75) is 45.1 Å². The van der Waals surface area contributed by atoms with E-state index in [2.05, 4.69) is 22.2 Å². The fraction of sp³-hybridized carbons (Fsp3) is 0.480. The van der Waals surface area contributed by atoms with Gasteiger partial charge >= 0.3 is 0 Å². The van der Waals surface area contributed by atoms with Crippen LogP contribution in [0.2, 0.25) is 5.02 Å². The third-order valence-electron chi connectivity index (χ3n) is 6.56. The first-order valence-electron chi connectivity index (χ1n) is 11.0. The normalized spacial score (nSPS) is 20.1. The van der Waals surface area contributed by atoms with Crippen LogP contribution in [-0.4, -0.2) is 25.9 Å². The smallest absolute Gasteiger partial charge is 0.142 e. The topological polar surface area (TPSA) is 34.1 Å². The van der Waals surface area contributed by atoms with E-state index in [1.54, 1.807) is 7.11 Å². The summed E-state index contributed by atoms with van der Waals surface area (Å²) in [6.45, 7) is 2.69. The van der Waals surface area contributed by atoms with Crippen LogP contribution in [0.3, 0.4) is 0 Å². The van der Waals surface area contributed by atoms with Gasteiger partial charge in [-0.3, -0.25) is 0 Å². The molecule has 5 heteroatoms. The van der Waals surface area contributed by atoms with Crippen molar-refractivity contribution in [2.75, 3.05) is 25.1 Å². The zero-order valence-electron chi connectivity index (χ0n) is 17.7. The zero-order valence-corrected chi connectivity index (χ0v) is 18.5. The molecule has 0 unspecified atom stereocenters. The summed E-state index contributed by atoms with van der Waals surface area (Å²) in [6, 6.07) is 16.1. The number of oxime groups is 1. The molecule has 2 aromatic rings. The van der Waals surface area contributed by atoms with Crippen LogP contribution in [-0.2, 0) is 11.4 Å². The lowest BCUT2D eigenvalue weighted by molar-refractivity contribution is 0.127. The Labute approximate surface area is 184 Å². The van der Waals surface area contributed by atoms with Crippen LogP contribution in [0.15, 0.2) is 53.7 Å². The predicted octanol–water partition coefficient (Wildman–Crippen LogP) is 6.33. The van der Waals surface area contributed by atoms with Crippen LogP contribution in [0, 0.1) is 11.8 Å². The largest absolute Gasteiger partial charge is 0.495 e. The molecule has 2 aliphatic rings. The van der Waals surface area contributed by atoms with Gasteiger partial charge < -0.3 is 14.5 Å². The number of hydrogen-bond donors (Lipinski definition) is 0. The van der Waals surface area contributed by atoms with Crippen LogP contribution in [0.25, 0.3) is 0 Å². The summed E-state index contributed by atoms with van der Waals surface area (Å²) in [5.74, 6) is 2.52. The van der Waals surface area contributed by atoms with Crippen molar-refractivity contribution < 1.29 is 9.57 Å². The van der Waals surface area contributed by atoms with Gasteiger partial charge in [0.1, 0.15) is 12.4 Å². The predicted molar refractivity (Wildman–Crippen MR) is 124 cm³/mol. The van der Waals surface area contributed by atoms with Crippen LogP contribution in [0.5, 0.6) is 5.75 Å². The number of hydrogen-bond acceptors (Lipinski definition) is 4. The standard InChI is InChI=1S/C25H31ClN2O2/c1-29-25-12-9-22(26)17-24(25)28-15-13-21(14-16-28)20-7-10-23(11-8-20)27-30-18-19-5-3-2-4-6-19/h2-6,9,12,17,20-21H,7-8,10-11,13-16,18H2,1H3. The summed E-state index contributed by atoms with van der Waals surface area (Å²) in [5, 5.41) is 5.18. The zero-order chi connectivity index (χ0) is 20.8. The fourth-order valence-electron chi connectivity index (χ4n) is 4.83. The first-order valence-corrected chi connectivity index (χ1v) is 11.4. The lowest BCUT2D eigenvalue weighted by atomic mass is 9.75. The highest BCUT2D eigenvalue weighted by atomic mass is 35.5. The molecule has 2 fully saturated rings. The van der Waals surface area contributed by atoms with Gasteiger partial charge in [-0.05, 0) is 74.1 Å². The molecule has 2 aromatic carbocycles. The third-order valence-corrected chi connectivity index (χ3v) is 6.80. The molecule has 30 heavy (non-hydrogen) atoms.